The van der Waals surface area contributed by atoms with Crippen LogP contribution in [0.2, 0.25) is 0 Å². The number of carbonyl (C=O) groups excluding carboxylic acids is 4. The average molecular weight is 309 g/mol. The van der Waals surface area contributed by atoms with E-state index in [9.17, 15) is 19.2 Å². The van der Waals surface area contributed by atoms with Crippen molar-refractivity contribution < 1.29 is 19.2 Å². The monoisotopic (exact) mass is 309 g/mol. The molecule has 1 rings (SSSR count). The molecule has 0 saturated carbocycles. The Bertz CT molecular complexity index is 499. The standard InChI is InChI=1S/C15H23N3O4/c1-6-7-16-13(20)14(21)18(15(16)22)9-12(19)17(11(4)5)8-10(2)3/h6,10-11H,1,7-9H2,2-5H3. The van der Waals surface area contributed by atoms with E-state index in [0.717, 1.165) is 4.90 Å². The van der Waals surface area contributed by atoms with E-state index < -0.39 is 24.4 Å². The topological polar surface area (TPSA) is 78.0 Å². The van der Waals surface area contributed by atoms with Crippen LogP contribution in [0.1, 0.15) is 27.7 Å². The molecule has 0 aliphatic carbocycles. The molecule has 0 spiro atoms. The zero-order valence-electron chi connectivity index (χ0n) is 13.5. The highest BCUT2D eigenvalue weighted by Crippen LogP contribution is 2.13. The van der Waals surface area contributed by atoms with Gasteiger partial charge in [0.1, 0.15) is 6.54 Å². The molecule has 0 bridgehead atoms. The summed E-state index contributed by atoms with van der Waals surface area (Å²) in [6.45, 7) is 11.2. The molecule has 0 N–H and O–H groups in total. The minimum Gasteiger partial charge on any atom is -0.338 e. The van der Waals surface area contributed by atoms with Crippen LogP contribution in [0, 0.1) is 5.92 Å². The van der Waals surface area contributed by atoms with Gasteiger partial charge < -0.3 is 4.90 Å². The van der Waals surface area contributed by atoms with Gasteiger partial charge in [0.15, 0.2) is 0 Å². The number of carbonyl (C=O) groups is 4. The molecule has 0 aromatic heterocycles. The molecule has 1 fully saturated rings. The molecule has 0 aromatic rings. The van der Waals surface area contributed by atoms with Gasteiger partial charge in [0.05, 0.1) is 0 Å². The second-order valence-electron chi connectivity index (χ2n) is 5.91. The van der Waals surface area contributed by atoms with Gasteiger partial charge in [-0.25, -0.2) is 9.69 Å². The molecule has 5 amide bonds. The summed E-state index contributed by atoms with van der Waals surface area (Å²) in [4.78, 5) is 51.1. The van der Waals surface area contributed by atoms with E-state index in [4.69, 9.17) is 0 Å². The number of nitrogens with zero attached hydrogens (tertiary/aromatic N) is 3. The molecule has 0 radical (unpaired) electrons. The van der Waals surface area contributed by atoms with E-state index in [1.165, 1.54) is 6.08 Å². The zero-order valence-corrected chi connectivity index (χ0v) is 13.5. The summed E-state index contributed by atoms with van der Waals surface area (Å²) in [5.74, 6) is -1.97. The minimum atomic E-state index is -0.964. The van der Waals surface area contributed by atoms with Crippen LogP contribution in [0.3, 0.4) is 0 Å². The van der Waals surface area contributed by atoms with Crippen molar-refractivity contribution in [2.45, 2.75) is 33.7 Å². The Morgan fingerprint density at radius 1 is 1.14 bits per heavy atom. The average Bonchev–Trinajstić information content (AvgIpc) is 2.62. The highest BCUT2D eigenvalue weighted by Gasteiger charge is 2.45. The maximum Gasteiger partial charge on any atom is 0.335 e. The van der Waals surface area contributed by atoms with E-state index in [2.05, 4.69) is 6.58 Å². The molecule has 7 nitrogen and oxygen atoms in total. The van der Waals surface area contributed by atoms with Crippen LogP contribution in [-0.4, -0.2) is 64.1 Å². The predicted molar refractivity (Wildman–Crippen MR) is 80.7 cm³/mol. The Labute approximate surface area is 130 Å². The molecule has 7 heteroatoms. The first-order valence-corrected chi connectivity index (χ1v) is 7.28. The Hall–Kier alpha value is -2.18. The summed E-state index contributed by atoms with van der Waals surface area (Å²) in [6.07, 6.45) is 1.35. The molecular weight excluding hydrogens is 286 g/mol. The second-order valence-corrected chi connectivity index (χ2v) is 5.91. The maximum atomic E-state index is 12.4. The largest absolute Gasteiger partial charge is 0.338 e. The summed E-state index contributed by atoms with van der Waals surface area (Å²) in [6, 6.07) is -0.820. The molecule has 22 heavy (non-hydrogen) atoms. The molecule has 0 unspecified atom stereocenters. The van der Waals surface area contributed by atoms with Gasteiger partial charge in [0.25, 0.3) is 0 Å². The van der Waals surface area contributed by atoms with E-state index in [0.29, 0.717) is 11.4 Å². The van der Waals surface area contributed by atoms with Crippen LogP contribution in [0.25, 0.3) is 0 Å². The van der Waals surface area contributed by atoms with Crippen molar-refractivity contribution in [3.05, 3.63) is 12.7 Å². The molecule has 1 heterocycles. The van der Waals surface area contributed by atoms with Crippen molar-refractivity contribution >= 4 is 23.8 Å². The third-order valence-corrected chi connectivity index (χ3v) is 3.25. The Morgan fingerprint density at radius 3 is 2.14 bits per heavy atom. The van der Waals surface area contributed by atoms with E-state index in [1.54, 1.807) is 4.90 Å². The van der Waals surface area contributed by atoms with E-state index >= 15 is 0 Å². The fraction of sp³-hybridized carbons (Fsp3) is 0.600. The van der Waals surface area contributed by atoms with Crippen molar-refractivity contribution in [1.29, 1.82) is 0 Å². The first-order chi connectivity index (χ1) is 10.2. The van der Waals surface area contributed by atoms with Gasteiger partial charge in [-0.3, -0.25) is 19.3 Å². The summed E-state index contributed by atoms with van der Waals surface area (Å²) in [7, 11) is 0. The van der Waals surface area contributed by atoms with Gasteiger partial charge in [-0.1, -0.05) is 19.9 Å². The Kier molecular flexibility index (Phi) is 5.84. The second kappa shape index (κ2) is 7.20. The van der Waals surface area contributed by atoms with E-state index in [1.807, 2.05) is 27.7 Å². The smallest absolute Gasteiger partial charge is 0.335 e. The van der Waals surface area contributed by atoms with Crippen LogP contribution in [0.15, 0.2) is 12.7 Å². The number of amides is 5. The van der Waals surface area contributed by atoms with Crippen LogP contribution in [0.4, 0.5) is 4.79 Å². The number of imide groups is 2. The third-order valence-electron chi connectivity index (χ3n) is 3.25. The van der Waals surface area contributed by atoms with Gasteiger partial charge in [-0.15, -0.1) is 6.58 Å². The van der Waals surface area contributed by atoms with Gasteiger partial charge in [-0.2, -0.15) is 0 Å². The number of hydrogen-bond acceptors (Lipinski definition) is 4. The number of hydrogen-bond donors (Lipinski definition) is 0. The van der Waals surface area contributed by atoms with Crippen molar-refractivity contribution in [3.63, 3.8) is 0 Å². The quantitative estimate of drug-likeness (QED) is 0.397. The first kappa shape index (κ1) is 17.9. The lowest BCUT2D eigenvalue weighted by molar-refractivity contribution is -0.145. The fourth-order valence-electron chi connectivity index (χ4n) is 2.20. The lowest BCUT2D eigenvalue weighted by atomic mass is 10.1. The summed E-state index contributed by atoms with van der Waals surface area (Å²) in [5.41, 5.74) is 0. The van der Waals surface area contributed by atoms with Crippen LogP contribution in [0.5, 0.6) is 0 Å². The molecular formula is C15H23N3O4. The molecule has 1 aliphatic heterocycles. The minimum absolute atomic E-state index is 0.0476. The van der Waals surface area contributed by atoms with Crippen molar-refractivity contribution in [2.75, 3.05) is 19.6 Å². The van der Waals surface area contributed by atoms with E-state index in [-0.39, 0.29) is 24.4 Å². The molecule has 122 valence electrons. The first-order valence-electron chi connectivity index (χ1n) is 7.28. The highest BCUT2D eigenvalue weighted by atomic mass is 16.2. The third kappa shape index (κ3) is 3.72. The molecule has 0 aromatic carbocycles. The highest BCUT2D eigenvalue weighted by molar-refractivity contribution is 6.45. The van der Waals surface area contributed by atoms with Gasteiger partial charge >= 0.3 is 17.8 Å². The van der Waals surface area contributed by atoms with Gasteiger partial charge in [0.2, 0.25) is 5.91 Å². The summed E-state index contributed by atoms with van der Waals surface area (Å²) >= 11 is 0. The predicted octanol–water partition coefficient (Wildman–Crippen LogP) is 0.856. The number of rotatable bonds is 7. The Balaban J connectivity index is 2.86. The van der Waals surface area contributed by atoms with Gasteiger partial charge in [0, 0.05) is 19.1 Å². The molecule has 0 atom stereocenters. The van der Waals surface area contributed by atoms with Crippen molar-refractivity contribution in [1.82, 2.24) is 14.7 Å². The Morgan fingerprint density at radius 2 is 1.68 bits per heavy atom. The SMILES string of the molecule is C=CCN1C(=O)C(=O)N(CC(=O)N(CC(C)C)C(C)C)C1=O. The fourth-order valence-corrected chi connectivity index (χ4v) is 2.20. The van der Waals surface area contributed by atoms with Crippen LogP contribution >= 0.6 is 0 Å². The molecule has 1 saturated heterocycles. The van der Waals surface area contributed by atoms with Crippen molar-refractivity contribution in [3.8, 4) is 0 Å². The molecule has 1 aliphatic rings. The summed E-state index contributed by atoms with van der Waals surface area (Å²) < 4.78 is 0. The van der Waals surface area contributed by atoms with Crippen LogP contribution in [-0.2, 0) is 14.4 Å². The van der Waals surface area contributed by atoms with Crippen molar-refractivity contribution in [2.24, 2.45) is 5.92 Å². The lowest BCUT2D eigenvalue weighted by Crippen LogP contribution is -2.47. The lowest BCUT2D eigenvalue weighted by Gasteiger charge is -2.29. The van der Waals surface area contributed by atoms with Gasteiger partial charge in [-0.05, 0) is 19.8 Å². The van der Waals surface area contributed by atoms with Crippen LogP contribution < -0.4 is 0 Å². The normalized spacial score (nSPS) is 15.3. The zero-order chi connectivity index (χ0) is 17.0. The summed E-state index contributed by atoms with van der Waals surface area (Å²) in [5, 5.41) is 0. The maximum absolute atomic E-state index is 12.4. The number of urea groups is 1.